The number of halogens is 2. The van der Waals surface area contributed by atoms with Gasteiger partial charge in [0.15, 0.2) is 5.96 Å². The molecule has 136 valence electrons. The van der Waals surface area contributed by atoms with E-state index in [0.29, 0.717) is 6.54 Å². The fourth-order valence-corrected chi connectivity index (χ4v) is 2.60. The predicted octanol–water partition coefficient (Wildman–Crippen LogP) is 3.46. The Morgan fingerprint density at radius 2 is 2.08 bits per heavy atom. The van der Waals surface area contributed by atoms with Crippen molar-refractivity contribution in [3.05, 3.63) is 35.6 Å². The van der Waals surface area contributed by atoms with E-state index in [-0.39, 0.29) is 35.2 Å². The van der Waals surface area contributed by atoms with Crippen molar-refractivity contribution >= 4 is 29.9 Å². The molecule has 0 atom stereocenters. The molecule has 1 aliphatic rings. The van der Waals surface area contributed by atoms with Crippen molar-refractivity contribution in [2.24, 2.45) is 4.99 Å². The van der Waals surface area contributed by atoms with Crippen LogP contribution in [0.25, 0.3) is 0 Å². The fourth-order valence-electron chi connectivity index (χ4n) is 2.60. The first-order chi connectivity index (χ1) is 11.2. The Labute approximate surface area is 161 Å². The third-order valence-corrected chi connectivity index (χ3v) is 4.14. The average Bonchev–Trinajstić information content (AvgIpc) is 3.33. The fraction of sp³-hybridized carbons (Fsp3) is 0.611. The first-order valence-electron chi connectivity index (χ1n) is 8.56. The van der Waals surface area contributed by atoms with E-state index in [1.807, 2.05) is 13.0 Å². The lowest BCUT2D eigenvalue weighted by atomic mass is 9.96. The number of aliphatic imine (C=N–C) groups is 1. The van der Waals surface area contributed by atoms with Crippen LogP contribution in [0.1, 0.15) is 38.7 Å². The Kier molecular flexibility index (Phi) is 9.58. The smallest absolute Gasteiger partial charge is 0.191 e. The molecule has 0 saturated heterocycles. The second-order valence-corrected chi connectivity index (χ2v) is 5.96. The average molecular weight is 449 g/mol. The minimum atomic E-state index is -0.168. The number of ether oxygens (including phenoxy) is 1. The summed E-state index contributed by atoms with van der Waals surface area (Å²) in [5.41, 5.74) is 1.09. The lowest BCUT2D eigenvalue weighted by Crippen LogP contribution is -2.38. The highest BCUT2D eigenvalue weighted by Gasteiger charge is 2.44. The van der Waals surface area contributed by atoms with Crippen molar-refractivity contribution in [2.75, 3.05) is 32.8 Å². The van der Waals surface area contributed by atoms with E-state index in [4.69, 9.17) is 9.73 Å². The normalized spacial score (nSPS) is 15.5. The first-order valence-corrected chi connectivity index (χ1v) is 8.56. The summed E-state index contributed by atoms with van der Waals surface area (Å²) in [5, 5.41) is 6.59. The Morgan fingerprint density at radius 3 is 2.71 bits per heavy atom. The van der Waals surface area contributed by atoms with Crippen LogP contribution in [0.2, 0.25) is 0 Å². The predicted molar refractivity (Wildman–Crippen MR) is 108 cm³/mol. The van der Waals surface area contributed by atoms with Crippen LogP contribution in [0.5, 0.6) is 0 Å². The van der Waals surface area contributed by atoms with Crippen LogP contribution in [0.4, 0.5) is 4.39 Å². The van der Waals surface area contributed by atoms with E-state index in [2.05, 4.69) is 17.6 Å². The van der Waals surface area contributed by atoms with Gasteiger partial charge in [-0.25, -0.2) is 4.39 Å². The highest BCUT2D eigenvalue weighted by molar-refractivity contribution is 14.0. The van der Waals surface area contributed by atoms with E-state index in [9.17, 15) is 4.39 Å². The summed E-state index contributed by atoms with van der Waals surface area (Å²) in [6.07, 6.45) is 3.10. The molecule has 1 aliphatic carbocycles. The highest BCUT2D eigenvalue weighted by Crippen LogP contribution is 2.48. The van der Waals surface area contributed by atoms with Crippen molar-refractivity contribution in [3.8, 4) is 0 Å². The Morgan fingerprint density at radius 1 is 1.29 bits per heavy atom. The summed E-state index contributed by atoms with van der Waals surface area (Å²) >= 11 is 0. The molecule has 1 aromatic carbocycles. The zero-order valence-electron chi connectivity index (χ0n) is 14.6. The van der Waals surface area contributed by atoms with Gasteiger partial charge < -0.3 is 15.4 Å². The molecule has 24 heavy (non-hydrogen) atoms. The number of nitrogens with one attached hydrogen (secondary N) is 2. The molecule has 0 bridgehead atoms. The number of benzene rings is 1. The first kappa shape index (κ1) is 21.2. The summed E-state index contributed by atoms with van der Waals surface area (Å²) < 4.78 is 18.8. The Balaban J connectivity index is 0.00000288. The maximum Gasteiger partial charge on any atom is 0.191 e. The minimum absolute atomic E-state index is 0. The molecule has 6 heteroatoms. The molecule has 1 saturated carbocycles. The van der Waals surface area contributed by atoms with E-state index in [1.165, 1.54) is 6.07 Å². The number of hydrogen-bond donors (Lipinski definition) is 2. The number of nitrogens with zero attached hydrogens (tertiary/aromatic N) is 1. The van der Waals surface area contributed by atoms with Crippen molar-refractivity contribution in [1.82, 2.24) is 10.6 Å². The van der Waals surface area contributed by atoms with Crippen LogP contribution in [0, 0.1) is 5.82 Å². The van der Waals surface area contributed by atoms with Gasteiger partial charge in [-0.2, -0.15) is 0 Å². The summed E-state index contributed by atoms with van der Waals surface area (Å²) in [5.74, 6) is 0.658. The van der Waals surface area contributed by atoms with Crippen molar-refractivity contribution in [2.45, 2.75) is 38.5 Å². The van der Waals surface area contributed by atoms with Gasteiger partial charge in [0.2, 0.25) is 0 Å². The molecule has 1 fully saturated rings. The zero-order chi connectivity index (χ0) is 16.5. The largest absolute Gasteiger partial charge is 0.382 e. The van der Waals surface area contributed by atoms with Crippen molar-refractivity contribution < 1.29 is 9.13 Å². The molecule has 0 aromatic heterocycles. The SMILES string of the molecule is CCNC(=NCC1(c2cccc(F)c2)CC1)NCCCOCC.I. The van der Waals surface area contributed by atoms with Crippen LogP contribution in [-0.2, 0) is 10.2 Å². The van der Waals surface area contributed by atoms with Gasteiger partial charge in [-0.1, -0.05) is 12.1 Å². The second kappa shape index (κ2) is 10.9. The van der Waals surface area contributed by atoms with Gasteiger partial charge in [0.05, 0.1) is 6.54 Å². The second-order valence-electron chi connectivity index (χ2n) is 5.96. The molecule has 1 aromatic rings. The van der Waals surface area contributed by atoms with Gasteiger partial charge >= 0.3 is 0 Å². The lowest BCUT2D eigenvalue weighted by molar-refractivity contribution is 0.145. The van der Waals surface area contributed by atoms with Gasteiger partial charge in [-0.15, -0.1) is 24.0 Å². The molecule has 0 heterocycles. The van der Waals surface area contributed by atoms with Crippen LogP contribution < -0.4 is 10.6 Å². The van der Waals surface area contributed by atoms with Crippen LogP contribution >= 0.6 is 24.0 Å². The highest BCUT2D eigenvalue weighted by atomic mass is 127. The van der Waals surface area contributed by atoms with Crippen molar-refractivity contribution in [3.63, 3.8) is 0 Å². The third kappa shape index (κ3) is 6.55. The summed E-state index contributed by atoms with van der Waals surface area (Å²) in [7, 11) is 0. The van der Waals surface area contributed by atoms with Gasteiger partial charge in [-0.3, -0.25) is 4.99 Å². The number of hydrogen-bond acceptors (Lipinski definition) is 2. The topological polar surface area (TPSA) is 45.7 Å². The van der Waals surface area contributed by atoms with E-state index < -0.39 is 0 Å². The summed E-state index contributed by atoms with van der Waals surface area (Å²) in [4.78, 5) is 4.70. The quantitative estimate of drug-likeness (QED) is 0.263. The summed E-state index contributed by atoms with van der Waals surface area (Å²) in [6, 6.07) is 6.93. The Hall–Kier alpha value is -0.890. The summed E-state index contributed by atoms with van der Waals surface area (Å²) in [6.45, 7) is 7.91. The molecule has 2 rings (SSSR count). The molecule has 2 N–H and O–H groups in total. The van der Waals surface area contributed by atoms with Gasteiger partial charge in [0, 0.05) is 31.7 Å². The zero-order valence-corrected chi connectivity index (χ0v) is 16.9. The van der Waals surface area contributed by atoms with Crippen molar-refractivity contribution in [1.29, 1.82) is 0 Å². The van der Waals surface area contributed by atoms with Gasteiger partial charge in [0.25, 0.3) is 0 Å². The molecule has 0 unspecified atom stereocenters. The number of guanidine groups is 1. The molecule has 0 radical (unpaired) electrons. The van der Waals surface area contributed by atoms with Crippen LogP contribution in [0.15, 0.2) is 29.3 Å². The molecule has 4 nitrogen and oxygen atoms in total. The lowest BCUT2D eigenvalue weighted by Gasteiger charge is -2.16. The van der Waals surface area contributed by atoms with Gasteiger partial charge in [0.1, 0.15) is 5.82 Å². The minimum Gasteiger partial charge on any atom is -0.382 e. The standard InChI is InChI=1S/C18H28FN3O.HI/c1-3-20-17(21-11-6-12-23-4-2)22-14-18(9-10-18)15-7-5-8-16(19)13-15;/h5,7-8,13H,3-4,6,9-12,14H2,1-2H3,(H2,20,21,22);1H. The maximum absolute atomic E-state index is 13.4. The Bertz CT molecular complexity index is 521. The molecule has 0 aliphatic heterocycles. The number of rotatable bonds is 9. The van der Waals surface area contributed by atoms with E-state index in [1.54, 1.807) is 12.1 Å². The molecular formula is C18H29FIN3O. The monoisotopic (exact) mass is 449 g/mol. The van der Waals surface area contributed by atoms with E-state index >= 15 is 0 Å². The maximum atomic E-state index is 13.4. The van der Waals surface area contributed by atoms with Crippen LogP contribution in [0.3, 0.4) is 0 Å². The molecule has 0 spiro atoms. The molecular weight excluding hydrogens is 420 g/mol. The third-order valence-electron chi connectivity index (χ3n) is 4.14. The van der Waals surface area contributed by atoms with E-state index in [0.717, 1.165) is 57.1 Å². The van der Waals surface area contributed by atoms with Gasteiger partial charge in [-0.05, 0) is 50.8 Å². The van der Waals surface area contributed by atoms with Crippen LogP contribution in [-0.4, -0.2) is 38.8 Å². The molecule has 0 amide bonds.